The fourth-order valence-electron chi connectivity index (χ4n) is 1.73. The second kappa shape index (κ2) is 5.40. The zero-order valence-electron chi connectivity index (χ0n) is 10.7. The first-order chi connectivity index (χ1) is 9.47. The van der Waals surface area contributed by atoms with Crippen molar-refractivity contribution in [2.24, 2.45) is 0 Å². The molecule has 2 rings (SSSR count). The lowest BCUT2D eigenvalue weighted by Crippen LogP contribution is -2.12. The molecule has 2 N–H and O–H groups in total. The van der Waals surface area contributed by atoms with Gasteiger partial charge in [-0.15, -0.1) is 0 Å². The summed E-state index contributed by atoms with van der Waals surface area (Å²) in [7, 11) is 0. The molecule has 0 aliphatic rings. The SMILES string of the molecule is Cc1ccc(C(=O)Nc2cccc(O)c2)cc1[N+](=O)[O-]. The van der Waals surface area contributed by atoms with Gasteiger partial charge in [-0.1, -0.05) is 12.1 Å². The summed E-state index contributed by atoms with van der Waals surface area (Å²) < 4.78 is 0. The zero-order valence-corrected chi connectivity index (χ0v) is 10.7. The first kappa shape index (κ1) is 13.5. The molecule has 0 aromatic heterocycles. The summed E-state index contributed by atoms with van der Waals surface area (Å²) in [5.41, 5.74) is 0.987. The van der Waals surface area contributed by atoms with Crippen LogP contribution in [0.25, 0.3) is 0 Å². The first-order valence-corrected chi connectivity index (χ1v) is 5.83. The smallest absolute Gasteiger partial charge is 0.273 e. The average molecular weight is 272 g/mol. The number of phenolic OH excluding ortho intramolecular Hbond substituents is 1. The third-order valence-electron chi connectivity index (χ3n) is 2.77. The van der Waals surface area contributed by atoms with E-state index >= 15 is 0 Å². The number of nitrogens with zero attached hydrogens (tertiary/aromatic N) is 1. The maximum Gasteiger partial charge on any atom is 0.273 e. The Labute approximate surface area is 114 Å². The van der Waals surface area contributed by atoms with Gasteiger partial charge in [-0.05, 0) is 25.1 Å². The lowest BCUT2D eigenvalue weighted by atomic mass is 10.1. The van der Waals surface area contributed by atoms with E-state index < -0.39 is 10.8 Å². The Hall–Kier alpha value is -2.89. The minimum atomic E-state index is -0.527. The van der Waals surface area contributed by atoms with E-state index in [-0.39, 0.29) is 17.0 Å². The van der Waals surface area contributed by atoms with Gasteiger partial charge in [0, 0.05) is 28.9 Å². The highest BCUT2D eigenvalue weighted by atomic mass is 16.6. The molecule has 0 unspecified atom stereocenters. The van der Waals surface area contributed by atoms with E-state index in [9.17, 15) is 20.0 Å². The number of nitro groups is 1. The molecule has 6 nitrogen and oxygen atoms in total. The Bertz CT molecular complexity index is 683. The van der Waals surface area contributed by atoms with Crippen LogP contribution in [0.1, 0.15) is 15.9 Å². The molecule has 0 heterocycles. The topological polar surface area (TPSA) is 92.5 Å². The van der Waals surface area contributed by atoms with Crippen molar-refractivity contribution in [3.05, 3.63) is 63.7 Å². The van der Waals surface area contributed by atoms with E-state index in [1.807, 2.05) is 0 Å². The normalized spacial score (nSPS) is 10.1. The van der Waals surface area contributed by atoms with Gasteiger partial charge >= 0.3 is 0 Å². The van der Waals surface area contributed by atoms with E-state index in [0.717, 1.165) is 0 Å². The Kier molecular flexibility index (Phi) is 3.65. The molecule has 0 aliphatic carbocycles. The van der Waals surface area contributed by atoms with Gasteiger partial charge in [0.05, 0.1) is 4.92 Å². The van der Waals surface area contributed by atoms with Crippen molar-refractivity contribution in [2.75, 3.05) is 5.32 Å². The monoisotopic (exact) mass is 272 g/mol. The van der Waals surface area contributed by atoms with Crippen LogP contribution in [0.15, 0.2) is 42.5 Å². The van der Waals surface area contributed by atoms with Crippen molar-refractivity contribution in [1.82, 2.24) is 0 Å². The molecule has 0 aliphatic heterocycles. The second-order valence-corrected chi connectivity index (χ2v) is 4.26. The Morgan fingerprint density at radius 3 is 2.65 bits per heavy atom. The molecule has 0 saturated carbocycles. The fraction of sp³-hybridized carbons (Fsp3) is 0.0714. The van der Waals surface area contributed by atoms with Crippen molar-refractivity contribution in [1.29, 1.82) is 0 Å². The Morgan fingerprint density at radius 2 is 2.00 bits per heavy atom. The summed E-state index contributed by atoms with van der Waals surface area (Å²) in [5, 5.41) is 22.7. The number of aryl methyl sites for hydroxylation is 1. The minimum absolute atomic E-state index is 0.0256. The number of carbonyl (C=O) groups is 1. The number of amides is 1. The predicted octanol–water partition coefficient (Wildman–Crippen LogP) is 2.86. The standard InChI is InChI=1S/C14H12N2O4/c1-9-5-6-10(7-13(9)16(19)20)14(18)15-11-3-2-4-12(17)8-11/h2-8,17H,1H3,(H,15,18). The maximum atomic E-state index is 12.0. The number of nitrogens with one attached hydrogen (secondary N) is 1. The minimum Gasteiger partial charge on any atom is -0.508 e. The summed E-state index contributed by atoms with van der Waals surface area (Å²) in [6.45, 7) is 1.61. The van der Waals surface area contributed by atoms with Crippen LogP contribution >= 0.6 is 0 Å². The number of aromatic hydroxyl groups is 1. The molecule has 1 amide bonds. The second-order valence-electron chi connectivity index (χ2n) is 4.26. The van der Waals surface area contributed by atoms with Gasteiger partial charge in [-0.3, -0.25) is 14.9 Å². The quantitative estimate of drug-likeness (QED) is 0.663. The molecule has 20 heavy (non-hydrogen) atoms. The highest BCUT2D eigenvalue weighted by Crippen LogP contribution is 2.21. The van der Waals surface area contributed by atoms with Gasteiger partial charge < -0.3 is 10.4 Å². The van der Waals surface area contributed by atoms with Crippen molar-refractivity contribution < 1.29 is 14.8 Å². The lowest BCUT2D eigenvalue weighted by molar-refractivity contribution is -0.385. The number of rotatable bonds is 3. The third-order valence-corrected chi connectivity index (χ3v) is 2.77. The molecule has 0 atom stereocenters. The molecule has 0 bridgehead atoms. The molecule has 0 radical (unpaired) electrons. The molecule has 2 aromatic rings. The van der Waals surface area contributed by atoms with Gasteiger partial charge in [-0.25, -0.2) is 0 Å². The van der Waals surface area contributed by atoms with Crippen LogP contribution in [0.2, 0.25) is 0 Å². The van der Waals surface area contributed by atoms with Gasteiger partial charge in [0.25, 0.3) is 11.6 Å². The number of phenols is 1. The van der Waals surface area contributed by atoms with Gasteiger partial charge in [-0.2, -0.15) is 0 Å². The highest BCUT2D eigenvalue weighted by Gasteiger charge is 2.15. The van der Waals surface area contributed by atoms with Crippen LogP contribution in [-0.4, -0.2) is 15.9 Å². The fourth-order valence-corrected chi connectivity index (χ4v) is 1.73. The average Bonchev–Trinajstić information content (AvgIpc) is 2.38. The van der Waals surface area contributed by atoms with Crippen LogP contribution in [0.5, 0.6) is 5.75 Å². The van der Waals surface area contributed by atoms with Crippen LogP contribution < -0.4 is 5.32 Å². The predicted molar refractivity (Wildman–Crippen MR) is 73.9 cm³/mol. The van der Waals surface area contributed by atoms with E-state index in [0.29, 0.717) is 11.3 Å². The summed E-state index contributed by atoms with van der Waals surface area (Å²) in [6.07, 6.45) is 0. The van der Waals surface area contributed by atoms with Crippen LogP contribution in [0.4, 0.5) is 11.4 Å². The van der Waals surface area contributed by atoms with Crippen molar-refractivity contribution in [2.45, 2.75) is 6.92 Å². The van der Waals surface area contributed by atoms with Crippen molar-refractivity contribution >= 4 is 17.3 Å². The molecule has 102 valence electrons. The number of hydrogen-bond acceptors (Lipinski definition) is 4. The summed E-state index contributed by atoms with van der Waals surface area (Å²) in [5.74, 6) is -0.448. The Morgan fingerprint density at radius 1 is 1.25 bits per heavy atom. The first-order valence-electron chi connectivity index (χ1n) is 5.83. The number of hydrogen-bond donors (Lipinski definition) is 2. The van der Waals surface area contributed by atoms with Crippen LogP contribution in [0, 0.1) is 17.0 Å². The van der Waals surface area contributed by atoms with E-state index in [2.05, 4.69) is 5.32 Å². The Balaban J connectivity index is 2.26. The molecular weight excluding hydrogens is 260 g/mol. The number of benzene rings is 2. The zero-order chi connectivity index (χ0) is 14.7. The van der Waals surface area contributed by atoms with Gasteiger partial charge in [0.2, 0.25) is 0 Å². The van der Waals surface area contributed by atoms with E-state index in [1.165, 1.54) is 30.3 Å². The molecule has 6 heteroatoms. The van der Waals surface area contributed by atoms with Gasteiger partial charge in [0.15, 0.2) is 0 Å². The summed E-state index contributed by atoms with van der Waals surface area (Å²) in [4.78, 5) is 22.3. The third kappa shape index (κ3) is 2.92. The lowest BCUT2D eigenvalue weighted by Gasteiger charge is -2.06. The summed E-state index contributed by atoms with van der Waals surface area (Å²) >= 11 is 0. The molecule has 0 fully saturated rings. The van der Waals surface area contributed by atoms with Crippen LogP contribution in [0.3, 0.4) is 0 Å². The van der Waals surface area contributed by atoms with E-state index in [1.54, 1.807) is 19.1 Å². The van der Waals surface area contributed by atoms with Crippen LogP contribution in [-0.2, 0) is 0 Å². The summed E-state index contributed by atoms with van der Waals surface area (Å²) in [6, 6.07) is 10.3. The maximum absolute atomic E-state index is 12.0. The van der Waals surface area contributed by atoms with Gasteiger partial charge in [0.1, 0.15) is 5.75 Å². The number of nitro benzene ring substituents is 1. The largest absolute Gasteiger partial charge is 0.508 e. The van der Waals surface area contributed by atoms with E-state index in [4.69, 9.17) is 0 Å². The number of carbonyl (C=O) groups excluding carboxylic acids is 1. The molecular formula is C14H12N2O4. The number of anilines is 1. The highest BCUT2D eigenvalue weighted by molar-refractivity contribution is 6.04. The molecule has 0 saturated heterocycles. The molecule has 2 aromatic carbocycles. The molecule has 0 spiro atoms. The van der Waals surface area contributed by atoms with Crippen molar-refractivity contribution in [3.8, 4) is 5.75 Å². The van der Waals surface area contributed by atoms with Crippen molar-refractivity contribution in [3.63, 3.8) is 0 Å².